The maximum atomic E-state index is 11.4. The first-order valence-electron chi connectivity index (χ1n) is 7.23. The molecule has 0 atom stereocenters. The highest BCUT2D eigenvalue weighted by Gasteiger charge is 2.26. The lowest BCUT2D eigenvalue weighted by molar-refractivity contribution is 0.187. The van der Waals surface area contributed by atoms with Crippen LogP contribution in [0.2, 0.25) is 0 Å². The fourth-order valence-corrected chi connectivity index (χ4v) is 3.79. The molecule has 0 radical (unpaired) electrons. The van der Waals surface area contributed by atoms with E-state index in [4.69, 9.17) is 0 Å². The molecule has 1 aliphatic rings. The second-order valence-corrected chi connectivity index (χ2v) is 6.18. The van der Waals surface area contributed by atoms with Crippen molar-refractivity contribution in [1.29, 1.82) is 0 Å². The van der Waals surface area contributed by atoms with Gasteiger partial charge < -0.3 is 4.74 Å². The van der Waals surface area contributed by atoms with Crippen molar-refractivity contribution in [2.24, 2.45) is 0 Å². The Morgan fingerprint density at radius 2 is 2.13 bits per heavy atom. The Hall–Kier alpha value is -2.67. The van der Waals surface area contributed by atoms with Crippen molar-refractivity contribution in [2.75, 3.05) is 12.4 Å². The number of fused-ring (bicyclic) bond motifs is 3. The molecule has 116 valence electrons. The monoisotopic (exact) mass is 326 g/mol. The molecule has 0 saturated carbocycles. The maximum absolute atomic E-state index is 11.4. The van der Waals surface area contributed by atoms with Gasteiger partial charge in [-0.15, -0.1) is 0 Å². The molecule has 2 heterocycles. The number of ether oxygens (including phenoxy) is 1. The Morgan fingerprint density at radius 1 is 1.30 bits per heavy atom. The van der Waals surface area contributed by atoms with E-state index in [1.165, 1.54) is 24.0 Å². The van der Waals surface area contributed by atoms with Crippen LogP contribution < -0.4 is 5.32 Å². The summed E-state index contributed by atoms with van der Waals surface area (Å²) in [7, 11) is 1.34. The Kier molecular flexibility index (Phi) is 3.34. The number of carbonyl (C=O) groups is 1. The number of methoxy groups -OCH3 is 1. The van der Waals surface area contributed by atoms with E-state index in [0.29, 0.717) is 5.13 Å². The second kappa shape index (κ2) is 5.51. The smallest absolute Gasteiger partial charge is 0.413 e. The number of nitrogens with zero attached hydrogens (tertiary/aromatic N) is 3. The number of anilines is 1. The number of hydrogen-bond acceptors (Lipinski definition) is 5. The fraction of sp³-hybridized carbons (Fsp3) is 0.188. The van der Waals surface area contributed by atoms with Gasteiger partial charge in [0.05, 0.1) is 35.3 Å². The zero-order chi connectivity index (χ0) is 15.8. The van der Waals surface area contributed by atoms with E-state index in [0.717, 1.165) is 34.8 Å². The van der Waals surface area contributed by atoms with Crippen LogP contribution in [0.15, 0.2) is 36.5 Å². The number of amides is 1. The number of aryl methyl sites for hydroxylation is 2. The van der Waals surface area contributed by atoms with Crippen molar-refractivity contribution in [1.82, 2.24) is 14.8 Å². The third kappa shape index (κ3) is 2.39. The summed E-state index contributed by atoms with van der Waals surface area (Å²) >= 11 is 1.45. The Bertz CT molecular complexity index is 870. The van der Waals surface area contributed by atoms with Crippen molar-refractivity contribution >= 4 is 22.6 Å². The molecule has 3 aromatic rings. The molecule has 1 aliphatic carbocycles. The number of benzene rings is 1. The highest BCUT2D eigenvalue weighted by Crippen LogP contribution is 2.40. The highest BCUT2D eigenvalue weighted by molar-refractivity contribution is 7.19. The standard InChI is InChI=1S/C16H14N4O2S/c1-22-16(21)19-15-18-12-8-7-10-9-17-20(13(10)14(12)23-15)11-5-3-2-4-6-11/h2-6,9H,7-8H2,1H3,(H,18,19,21). The average Bonchev–Trinajstić information content (AvgIpc) is 3.18. The fourth-order valence-electron chi connectivity index (χ4n) is 2.72. The number of nitrogens with one attached hydrogen (secondary N) is 1. The first kappa shape index (κ1) is 14.0. The van der Waals surface area contributed by atoms with Crippen LogP contribution >= 0.6 is 11.3 Å². The van der Waals surface area contributed by atoms with Gasteiger partial charge in [-0.1, -0.05) is 29.5 Å². The van der Waals surface area contributed by atoms with E-state index in [-0.39, 0.29) is 0 Å². The first-order chi connectivity index (χ1) is 11.3. The minimum Gasteiger partial charge on any atom is -0.453 e. The van der Waals surface area contributed by atoms with E-state index in [9.17, 15) is 4.79 Å². The molecule has 0 fully saturated rings. The molecule has 7 heteroatoms. The molecular formula is C16H14N4O2S. The van der Waals surface area contributed by atoms with Gasteiger partial charge in [-0.3, -0.25) is 5.32 Å². The van der Waals surface area contributed by atoms with Gasteiger partial charge in [-0.2, -0.15) is 5.10 Å². The van der Waals surface area contributed by atoms with E-state index in [1.54, 1.807) is 0 Å². The Balaban J connectivity index is 1.80. The van der Waals surface area contributed by atoms with Crippen LogP contribution in [-0.2, 0) is 17.6 Å². The average molecular weight is 326 g/mol. The molecule has 1 N–H and O–H groups in total. The van der Waals surface area contributed by atoms with E-state index < -0.39 is 6.09 Å². The second-order valence-electron chi connectivity index (χ2n) is 5.18. The molecule has 1 amide bonds. The summed E-state index contributed by atoms with van der Waals surface area (Å²) in [5, 5.41) is 7.74. The van der Waals surface area contributed by atoms with Crippen molar-refractivity contribution in [3.05, 3.63) is 47.8 Å². The minimum absolute atomic E-state index is 0.507. The SMILES string of the molecule is COC(=O)Nc1nc2c(s1)-c1c(cnn1-c1ccccc1)CC2. The van der Waals surface area contributed by atoms with Gasteiger partial charge in [0.2, 0.25) is 0 Å². The quantitative estimate of drug-likeness (QED) is 0.785. The summed E-state index contributed by atoms with van der Waals surface area (Å²) in [6.07, 6.45) is 3.16. The molecule has 0 aliphatic heterocycles. The van der Waals surface area contributed by atoms with Gasteiger partial charge in [0, 0.05) is 0 Å². The molecule has 0 saturated heterocycles. The van der Waals surface area contributed by atoms with Gasteiger partial charge in [-0.05, 0) is 30.5 Å². The lowest BCUT2D eigenvalue weighted by Crippen LogP contribution is -2.10. The zero-order valence-electron chi connectivity index (χ0n) is 12.4. The molecular weight excluding hydrogens is 312 g/mol. The predicted octanol–water partition coefficient (Wildman–Crippen LogP) is 3.27. The van der Waals surface area contributed by atoms with Gasteiger partial charge >= 0.3 is 6.09 Å². The van der Waals surface area contributed by atoms with Crippen LogP contribution in [-0.4, -0.2) is 28.0 Å². The molecule has 23 heavy (non-hydrogen) atoms. The molecule has 0 spiro atoms. The lowest BCUT2D eigenvalue weighted by atomic mass is 10.0. The van der Waals surface area contributed by atoms with Crippen molar-refractivity contribution in [3.63, 3.8) is 0 Å². The number of thiazole rings is 1. The van der Waals surface area contributed by atoms with E-state index in [2.05, 4.69) is 20.1 Å². The highest BCUT2D eigenvalue weighted by atomic mass is 32.1. The summed E-state index contributed by atoms with van der Waals surface area (Å²) in [4.78, 5) is 17.0. The van der Waals surface area contributed by atoms with Crippen LogP contribution in [0.1, 0.15) is 11.3 Å². The number of carbonyl (C=O) groups excluding carboxylic acids is 1. The van der Waals surface area contributed by atoms with Crippen LogP contribution in [0, 0.1) is 0 Å². The summed E-state index contributed by atoms with van der Waals surface area (Å²) in [5.41, 5.74) is 4.27. The largest absolute Gasteiger partial charge is 0.453 e. The number of para-hydroxylation sites is 1. The van der Waals surface area contributed by atoms with Crippen LogP contribution in [0.5, 0.6) is 0 Å². The number of rotatable bonds is 2. The van der Waals surface area contributed by atoms with Crippen LogP contribution in [0.3, 0.4) is 0 Å². The third-order valence-corrected chi connectivity index (χ3v) is 4.80. The van der Waals surface area contributed by atoms with Crippen molar-refractivity contribution in [3.8, 4) is 16.3 Å². The molecule has 6 nitrogen and oxygen atoms in total. The summed E-state index contributed by atoms with van der Waals surface area (Å²) < 4.78 is 6.57. The molecule has 4 rings (SSSR count). The normalized spacial score (nSPS) is 12.4. The minimum atomic E-state index is -0.507. The number of aromatic nitrogens is 3. The van der Waals surface area contributed by atoms with Crippen molar-refractivity contribution in [2.45, 2.75) is 12.8 Å². The zero-order valence-corrected chi connectivity index (χ0v) is 13.3. The topological polar surface area (TPSA) is 69.0 Å². The molecule has 0 unspecified atom stereocenters. The maximum Gasteiger partial charge on any atom is 0.413 e. The van der Waals surface area contributed by atoms with Crippen molar-refractivity contribution < 1.29 is 9.53 Å². The molecule has 2 aromatic heterocycles. The summed E-state index contributed by atoms with van der Waals surface area (Å²) in [6, 6.07) is 10.0. The predicted molar refractivity (Wildman–Crippen MR) is 88.1 cm³/mol. The first-order valence-corrected chi connectivity index (χ1v) is 8.05. The molecule has 0 bridgehead atoms. The van der Waals surface area contributed by atoms with E-state index in [1.807, 2.05) is 41.2 Å². The molecule has 1 aromatic carbocycles. The summed E-state index contributed by atoms with van der Waals surface area (Å²) in [6.45, 7) is 0. The number of hydrogen-bond donors (Lipinski definition) is 1. The summed E-state index contributed by atoms with van der Waals surface area (Å²) in [5.74, 6) is 0. The van der Waals surface area contributed by atoms with Gasteiger partial charge in [-0.25, -0.2) is 14.5 Å². The van der Waals surface area contributed by atoms with E-state index >= 15 is 0 Å². The van der Waals surface area contributed by atoms with Gasteiger partial charge in [0.15, 0.2) is 5.13 Å². The van der Waals surface area contributed by atoms with Crippen LogP contribution in [0.25, 0.3) is 16.3 Å². The van der Waals surface area contributed by atoms with Gasteiger partial charge in [0.25, 0.3) is 0 Å². The van der Waals surface area contributed by atoms with Crippen LogP contribution in [0.4, 0.5) is 9.93 Å². The van der Waals surface area contributed by atoms with Gasteiger partial charge in [0.1, 0.15) is 0 Å². The Labute approximate surface area is 136 Å². The lowest BCUT2D eigenvalue weighted by Gasteiger charge is -2.13. The third-order valence-electron chi connectivity index (χ3n) is 3.78. The Morgan fingerprint density at radius 3 is 2.91 bits per heavy atom.